The Morgan fingerprint density at radius 2 is 1.67 bits per heavy atom. The molecule has 13 heteroatoms. The van der Waals surface area contributed by atoms with Crippen LogP contribution in [0.15, 0.2) is 54.7 Å². The molecule has 0 radical (unpaired) electrons. The summed E-state index contributed by atoms with van der Waals surface area (Å²) in [6, 6.07) is 14.4. The number of fused-ring (bicyclic) bond motifs is 3. The van der Waals surface area contributed by atoms with Crippen LogP contribution < -0.4 is 33.7 Å². The van der Waals surface area contributed by atoms with E-state index in [0.29, 0.717) is 35.3 Å². The van der Waals surface area contributed by atoms with E-state index < -0.39 is 29.7 Å². The summed E-state index contributed by atoms with van der Waals surface area (Å²) in [5.41, 5.74) is 3.40. The molecular formula is C33H32N4O9. The number of carbonyl (C=O) groups excluding carboxylic acids is 2. The number of cyclic esters (lactones) is 1. The zero-order valence-electron chi connectivity index (χ0n) is 25.6. The zero-order valence-corrected chi connectivity index (χ0v) is 25.6. The van der Waals surface area contributed by atoms with Gasteiger partial charge in [0.25, 0.3) is 5.91 Å². The Labute approximate surface area is 264 Å². The fourth-order valence-electron chi connectivity index (χ4n) is 6.68. The molecule has 0 bridgehead atoms. The topological polar surface area (TPSA) is 141 Å². The first-order valence-electron chi connectivity index (χ1n) is 14.7. The summed E-state index contributed by atoms with van der Waals surface area (Å²) < 4.78 is 40.9. The first-order valence-corrected chi connectivity index (χ1v) is 14.7. The number of hydrogen-bond acceptors (Lipinski definition) is 11. The number of carbonyl (C=O) groups is 2. The van der Waals surface area contributed by atoms with Gasteiger partial charge in [-0.05, 0) is 58.7 Å². The predicted molar refractivity (Wildman–Crippen MR) is 161 cm³/mol. The number of esters is 1. The zero-order chi connectivity index (χ0) is 31.9. The normalized spacial score (nSPS) is 20.7. The number of amides is 1. The van der Waals surface area contributed by atoms with Crippen molar-refractivity contribution in [2.24, 2.45) is 11.8 Å². The van der Waals surface area contributed by atoms with Gasteiger partial charge in [0.1, 0.15) is 5.75 Å². The number of nitrogens with zero attached hydrogens (tertiary/aromatic N) is 3. The van der Waals surface area contributed by atoms with Crippen LogP contribution in [-0.4, -0.2) is 68.7 Å². The van der Waals surface area contributed by atoms with Crippen LogP contribution in [-0.2, 0) is 16.1 Å². The van der Waals surface area contributed by atoms with Gasteiger partial charge in [-0.2, -0.15) is 0 Å². The lowest BCUT2D eigenvalue weighted by molar-refractivity contribution is -0.141. The van der Waals surface area contributed by atoms with Crippen molar-refractivity contribution in [1.82, 2.24) is 20.3 Å². The standard InChI is InChI=1S/C33H32N4O9/c1-40-19-7-5-6-17(8-19)13-37-14-23(35-36-37)32(38)34-30-21-12-25-24(45-16-46-25)11-20(21)28(29-22(30)15-44-33(29)39)18-9-26(41-2)31(43-4)27(10-18)42-3/h5-12,14,22,28-30H,13,15-16H2,1-4H3,(H,34,38)/t22-,28+,29-,30+/m0/s1. The smallest absolute Gasteiger partial charge is 0.310 e. The molecule has 0 unspecified atom stereocenters. The van der Waals surface area contributed by atoms with Crippen LogP contribution in [0.5, 0.6) is 34.5 Å². The molecule has 1 aromatic heterocycles. The van der Waals surface area contributed by atoms with Crippen LogP contribution in [0, 0.1) is 11.8 Å². The van der Waals surface area contributed by atoms with Crippen LogP contribution >= 0.6 is 0 Å². The van der Waals surface area contributed by atoms with Gasteiger partial charge in [0.05, 0.1) is 59.7 Å². The second kappa shape index (κ2) is 11.8. The van der Waals surface area contributed by atoms with Gasteiger partial charge in [0.15, 0.2) is 28.7 Å². The molecule has 1 fully saturated rings. The maximum atomic E-state index is 13.7. The fourth-order valence-corrected chi connectivity index (χ4v) is 6.68. The van der Waals surface area contributed by atoms with Crippen molar-refractivity contribution >= 4 is 11.9 Å². The van der Waals surface area contributed by atoms with Crippen LogP contribution in [0.1, 0.15) is 44.7 Å². The van der Waals surface area contributed by atoms with E-state index in [2.05, 4.69) is 15.6 Å². The van der Waals surface area contributed by atoms with Crippen LogP contribution in [0.25, 0.3) is 0 Å². The lowest BCUT2D eigenvalue weighted by atomic mass is 9.65. The average molecular weight is 629 g/mol. The largest absolute Gasteiger partial charge is 0.497 e. The molecule has 2 aliphatic heterocycles. The van der Waals surface area contributed by atoms with Gasteiger partial charge in [-0.3, -0.25) is 9.59 Å². The molecule has 13 nitrogen and oxygen atoms in total. The van der Waals surface area contributed by atoms with Gasteiger partial charge in [-0.1, -0.05) is 17.3 Å². The third-order valence-electron chi connectivity index (χ3n) is 8.77. The minimum Gasteiger partial charge on any atom is -0.497 e. The van der Waals surface area contributed by atoms with Crippen molar-refractivity contribution in [3.05, 3.63) is 82.7 Å². The number of rotatable bonds is 9. The highest BCUT2D eigenvalue weighted by Crippen LogP contribution is 2.55. The van der Waals surface area contributed by atoms with E-state index in [1.807, 2.05) is 48.5 Å². The van der Waals surface area contributed by atoms with Crippen molar-refractivity contribution < 1.29 is 42.7 Å². The Kier molecular flexibility index (Phi) is 7.51. The first kappa shape index (κ1) is 29.3. The van der Waals surface area contributed by atoms with Crippen LogP contribution in [0.3, 0.4) is 0 Å². The Morgan fingerprint density at radius 1 is 0.935 bits per heavy atom. The highest BCUT2D eigenvalue weighted by atomic mass is 16.7. The van der Waals surface area contributed by atoms with Gasteiger partial charge >= 0.3 is 5.97 Å². The molecule has 3 aromatic carbocycles. The SMILES string of the molecule is COc1cccc(Cn2cc(C(=O)N[C@@H]3c4cc5c(cc4[C@@H](c4cc(OC)c(OC)c(OC)c4)[C@H]4C(=O)OC[C@@H]43)OCO5)nn2)c1. The lowest BCUT2D eigenvalue weighted by Gasteiger charge is -2.39. The molecule has 1 N–H and O–H groups in total. The molecule has 3 heterocycles. The number of nitrogens with one attached hydrogen (secondary N) is 1. The highest BCUT2D eigenvalue weighted by Gasteiger charge is 2.53. The van der Waals surface area contributed by atoms with Crippen LogP contribution in [0.2, 0.25) is 0 Å². The van der Waals surface area contributed by atoms with E-state index in [1.165, 1.54) is 7.11 Å². The fraction of sp³-hybridized carbons (Fsp3) is 0.333. The lowest BCUT2D eigenvalue weighted by Crippen LogP contribution is -2.43. The molecule has 1 amide bonds. The Balaban J connectivity index is 1.26. The quantitative estimate of drug-likeness (QED) is 0.272. The average Bonchev–Trinajstić information content (AvgIpc) is 3.83. The van der Waals surface area contributed by atoms with Crippen molar-refractivity contribution in [1.29, 1.82) is 0 Å². The molecule has 4 aromatic rings. The molecule has 1 aliphatic carbocycles. The minimum absolute atomic E-state index is 0.0649. The molecule has 3 aliphatic rings. The Bertz CT molecular complexity index is 1800. The second-order valence-electron chi connectivity index (χ2n) is 11.2. The number of methoxy groups -OCH3 is 4. The van der Waals surface area contributed by atoms with E-state index in [4.69, 9.17) is 33.2 Å². The summed E-state index contributed by atoms with van der Waals surface area (Å²) in [5, 5.41) is 11.4. The van der Waals surface area contributed by atoms with Crippen molar-refractivity contribution in [2.45, 2.75) is 18.5 Å². The summed E-state index contributed by atoms with van der Waals surface area (Å²) in [4.78, 5) is 27.2. The summed E-state index contributed by atoms with van der Waals surface area (Å²) in [7, 11) is 6.22. The third-order valence-corrected chi connectivity index (χ3v) is 8.77. The Hall–Kier alpha value is -5.46. The molecule has 46 heavy (non-hydrogen) atoms. The Morgan fingerprint density at radius 3 is 2.37 bits per heavy atom. The predicted octanol–water partition coefficient (Wildman–Crippen LogP) is 3.50. The van der Waals surface area contributed by atoms with E-state index in [-0.39, 0.29) is 25.1 Å². The maximum absolute atomic E-state index is 13.7. The van der Waals surface area contributed by atoms with E-state index in [9.17, 15) is 9.59 Å². The summed E-state index contributed by atoms with van der Waals surface area (Å²) in [5.74, 6) is 0.848. The molecule has 0 saturated carbocycles. The van der Waals surface area contributed by atoms with Gasteiger partial charge < -0.3 is 38.5 Å². The maximum Gasteiger partial charge on any atom is 0.310 e. The third kappa shape index (κ3) is 4.97. The van der Waals surface area contributed by atoms with E-state index in [0.717, 1.165) is 28.0 Å². The molecule has 0 spiro atoms. The van der Waals surface area contributed by atoms with Crippen molar-refractivity contribution in [3.63, 3.8) is 0 Å². The minimum atomic E-state index is -0.635. The molecule has 4 atom stereocenters. The van der Waals surface area contributed by atoms with Crippen LogP contribution in [0.4, 0.5) is 0 Å². The number of aromatic nitrogens is 3. The van der Waals surface area contributed by atoms with E-state index in [1.54, 1.807) is 32.2 Å². The molecular weight excluding hydrogens is 596 g/mol. The van der Waals surface area contributed by atoms with Crippen molar-refractivity contribution in [2.75, 3.05) is 41.8 Å². The van der Waals surface area contributed by atoms with Gasteiger partial charge in [-0.15, -0.1) is 5.10 Å². The summed E-state index contributed by atoms with van der Waals surface area (Å²) in [6.07, 6.45) is 1.59. The number of benzene rings is 3. The monoisotopic (exact) mass is 628 g/mol. The van der Waals surface area contributed by atoms with Gasteiger partial charge in [0.2, 0.25) is 12.5 Å². The summed E-state index contributed by atoms with van der Waals surface area (Å²) >= 11 is 0. The summed E-state index contributed by atoms with van der Waals surface area (Å²) in [6.45, 7) is 0.581. The van der Waals surface area contributed by atoms with Gasteiger partial charge in [-0.25, -0.2) is 4.68 Å². The number of ether oxygens (including phenoxy) is 7. The van der Waals surface area contributed by atoms with Gasteiger partial charge in [0, 0.05) is 11.8 Å². The molecule has 7 rings (SSSR count). The first-order chi connectivity index (χ1) is 22.4. The van der Waals surface area contributed by atoms with E-state index >= 15 is 0 Å². The molecule has 1 saturated heterocycles. The highest BCUT2D eigenvalue weighted by molar-refractivity contribution is 5.92. The second-order valence-corrected chi connectivity index (χ2v) is 11.2. The molecule has 238 valence electrons. The van der Waals surface area contributed by atoms with Crippen molar-refractivity contribution in [3.8, 4) is 34.5 Å². The number of hydrogen-bond donors (Lipinski definition) is 1.